The van der Waals surface area contributed by atoms with Gasteiger partial charge in [-0.25, -0.2) is 9.59 Å². The standard InChI is InChI=1S/C17H20F3NO5/c1-16(2,3)26-15(24)21-9-12(8-13(21)14(22)23)25-11-6-4-10(5-7-11)17(18,19)20/h4-7,12-13H,8-9H2,1-3H3,(H,22,23)/t12-,13+/m1/s1. The topological polar surface area (TPSA) is 76.1 Å². The summed E-state index contributed by atoms with van der Waals surface area (Å²) in [6, 6.07) is 2.96. The largest absolute Gasteiger partial charge is 0.488 e. The Bertz CT molecular complexity index is 666. The number of carbonyl (C=O) groups excluding carboxylic acids is 1. The summed E-state index contributed by atoms with van der Waals surface area (Å²) >= 11 is 0. The van der Waals surface area contributed by atoms with Crippen LogP contribution in [0, 0.1) is 0 Å². The van der Waals surface area contributed by atoms with Crippen molar-refractivity contribution in [2.45, 2.75) is 51.1 Å². The molecule has 1 saturated heterocycles. The van der Waals surface area contributed by atoms with Crippen molar-refractivity contribution in [2.24, 2.45) is 0 Å². The first-order valence-electron chi connectivity index (χ1n) is 7.93. The van der Waals surface area contributed by atoms with E-state index in [9.17, 15) is 27.9 Å². The molecular weight excluding hydrogens is 355 g/mol. The minimum Gasteiger partial charge on any atom is -0.488 e. The molecule has 1 aromatic carbocycles. The smallest absolute Gasteiger partial charge is 0.416 e. The number of alkyl halides is 3. The lowest BCUT2D eigenvalue weighted by atomic mass is 10.2. The first kappa shape index (κ1) is 19.9. The molecule has 2 rings (SSSR count). The average molecular weight is 375 g/mol. The number of carboxylic acid groups (broad SMARTS) is 1. The van der Waals surface area contributed by atoms with Gasteiger partial charge in [-0.1, -0.05) is 0 Å². The first-order chi connectivity index (χ1) is 11.9. The zero-order valence-electron chi connectivity index (χ0n) is 14.5. The Morgan fingerprint density at radius 2 is 1.73 bits per heavy atom. The Kier molecular flexibility index (Phi) is 5.39. The Labute approximate surface area is 148 Å². The van der Waals surface area contributed by atoms with Crippen LogP contribution in [0.1, 0.15) is 32.8 Å². The van der Waals surface area contributed by atoms with Crippen LogP contribution in [-0.4, -0.2) is 46.4 Å². The SMILES string of the molecule is CC(C)(C)OC(=O)N1C[C@H](Oc2ccc(C(F)(F)F)cc2)C[C@H]1C(=O)O. The fourth-order valence-corrected chi connectivity index (χ4v) is 2.55. The van der Waals surface area contributed by atoms with Crippen LogP contribution in [0.15, 0.2) is 24.3 Å². The number of hydrogen-bond donors (Lipinski definition) is 1. The van der Waals surface area contributed by atoms with Gasteiger partial charge in [-0.2, -0.15) is 13.2 Å². The van der Waals surface area contributed by atoms with Crippen LogP contribution in [0.25, 0.3) is 0 Å². The van der Waals surface area contributed by atoms with E-state index in [-0.39, 0.29) is 18.7 Å². The monoisotopic (exact) mass is 375 g/mol. The van der Waals surface area contributed by atoms with Crippen LogP contribution in [0.5, 0.6) is 5.75 Å². The molecule has 1 heterocycles. The van der Waals surface area contributed by atoms with Gasteiger partial charge in [0.15, 0.2) is 0 Å². The Morgan fingerprint density at radius 3 is 2.19 bits per heavy atom. The Balaban J connectivity index is 2.07. The average Bonchev–Trinajstić information content (AvgIpc) is 2.89. The Hall–Kier alpha value is -2.45. The quantitative estimate of drug-likeness (QED) is 0.874. The van der Waals surface area contributed by atoms with Gasteiger partial charge in [-0.15, -0.1) is 0 Å². The fourth-order valence-electron chi connectivity index (χ4n) is 2.55. The number of likely N-dealkylation sites (tertiary alicyclic amines) is 1. The number of rotatable bonds is 3. The lowest BCUT2D eigenvalue weighted by Gasteiger charge is -2.26. The molecule has 6 nitrogen and oxygen atoms in total. The molecule has 1 aliphatic heterocycles. The number of benzene rings is 1. The number of carboxylic acids is 1. The summed E-state index contributed by atoms with van der Waals surface area (Å²) in [5.41, 5.74) is -1.60. The molecular formula is C17H20F3NO5. The first-order valence-corrected chi connectivity index (χ1v) is 7.93. The summed E-state index contributed by atoms with van der Waals surface area (Å²) in [6.07, 6.45) is -5.88. The highest BCUT2D eigenvalue weighted by Gasteiger charge is 2.42. The second-order valence-corrected chi connectivity index (χ2v) is 6.98. The molecule has 144 valence electrons. The third kappa shape index (κ3) is 5.03. The molecule has 0 spiro atoms. The van der Waals surface area contributed by atoms with E-state index < -0.39 is 41.5 Å². The predicted molar refractivity (Wildman–Crippen MR) is 84.8 cm³/mol. The third-order valence-electron chi connectivity index (χ3n) is 3.66. The summed E-state index contributed by atoms with van der Waals surface area (Å²) in [5.74, 6) is -1.03. The summed E-state index contributed by atoms with van der Waals surface area (Å²) in [5, 5.41) is 9.31. The number of hydrogen-bond acceptors (Lipinski definition) is 4. The van der Waals surface area contributed by atoms with Crippen molar-refractivity contribution in [1.29, 1.82) is 0 Å². The second-order valence-electron chi connectivity index (χ2n) is 6.98. The van der Waals surface area contributed by atoms with Crippen LogP contribution in [-0.2, 0) is 15.7 Å². The molecule has 9 heteroatoms. The van der Waals surface area contributed by atoms with Crippen molar-refractivity contribution in [3.63, 3.8) is 0 Å². The van der Waals surface area contributed by atoms with Crippen LogP contribution < -0.4 is 4.74 Å². The van der Waals surface area contributed by atoms with Gasteiger partial charge in [0.25, 0.3) is 0 Å². The number of carbonyl (C=O) groups is 2. The van der Waals surface area contributed by atoms with Gasteiger partial charge in [-0.05, 0) is 45.0 Å². The highest BCUT2D eigenvalue weighted by Crippen LogP contribution is 2.31. The fraction of sp³-hybridized carbons (Fsp3) is 0.529. The van der Waals surface area contributed by atoms with Crippen LogP contribution in [0.2, 0.25) is 0 Å². The van der Waals surface area contributed by atoms with Crippen molar-refractivity contribution in [3.05, 3.63) is 29.8 Å². The lowest BCUT2D eigenvalue weighted by Crippen LogP contribution is -2.43. The molecule has 0 bridgehead atoms. The second kappa shape index (κ2) is 7.05. The van der Waals surface area contributed by atoms with Crippen LogP contribution in [0.4, 0.5) is 18.0 Å². The molecule has 1 fully saturated rings. The summed E-state index contributed by atoms with van der Waals surface area (Å²) in [6.45, 7) is 4.94. The molecule has 1 aromatic rings. The number of nitrogens with zero attached hydrogens (tertiary/aromatic N) is 1. The van der Waals surface area contributed by atoms with Crippen LogP contribution >= 0.6 is 0 Å². The van der Waals surface area contributed by atoms with E-state index in [0.29, 0.717) is 0 Å². The molecule has 26 heavy (non-hydrogen) atoms. The molecule has 0 saturated carbocycles. The number of amides is 1. The van der Waals surface area contributed by atoms with Gasteiger partial charge >= 0.3 is 18.2 Å². The van der Waals surface area contributed by atoms with Crippen LogP contribution in [0.3, 0.4) is 0 Å². The van der Waals surface area contributed by atoms with E-state index in [1.165, 1.54) is 0 Å². The zero-order chi connectivity index (χ0) is 19.7. The van der Waals surface area contributed by atoms with Crippen molar-refractivity contribution in [2.75, 3.05) is 6.54 Å². The minimum absolute atomic E-state index is 0.00952. The third-order valence-corrected chi connectivity index (χ3v) is 3.66. The summed E-state index contributed by atoms with van der Waals surface area (Å²) < 4.78 is 48.5. The highest BCUT2D eigenvalue weighted by atomic mass is 19.4. The molecule has 0 aliphatic carbocycles. The van der Waals surface area contributed by atoms with Crippen molar-refractivity contribution >= 4 is 12.1 Å². The summed E-state index contributed by atoms with van der Waals surface area (Å²) in [4.78, 5) is 24.7. The van der Waals surface area contributed by atoms with E-state index in [0.717, 1.165) is 29.2 Å². The number of aliphatic carboxylic acids is 1. The van der Waals surface area contributed by atoms with Crippen molar-refractivity contribution in [3.8, 4) is 5.75 Å². The van der Waals surface area contributed by atoms with E-state index in [1.54, 1.807) is 20.8 Å². The maximum absolute atomic E-state index is 12.6. The summed E-state index contributed by atoms with van der Waals surface area (Å²) in [7, 11) is 0. The van der Waals surface area contributed by atoms with Gasteiger partial charge in [0.2, 0.25) is 0 Å². The van der Waals surface area contributed by atoms with Crippen molar-refractivity contribution in [1.82, 2.24) is 4.90 Å². The molecule has 0 aromatic heterocycles. The van der Waals surface area contributed by atoms with Gasteiger partial charge < -0.3 is 14.6 Å². The molecule has 1 N–H and O–H groups in total. The molecule has 0 radical (unpaired) electrons. The number of ether oxygens (including phenoxy) is 2. The van der Waals surface area contributed by atoms with E-state index >= 15 is 0 Å². The number of halogens is 3. The molecule has 2 atom stereocenters. The van der Waals surface area contributed by atoms with Crippen molar-refractivity contribution < 1.29 is 37.3 Å². The molecule has 1 aliphatic rings. The van der Waals surface area contributed by atoms with Gasteiger partial charge in [-0.3, -0.25) is 4.90 Å². The van der Waals surface area contributed by atoms with Gasteiger partial charge in [0.05, 0.1) is 12.1 Å². The van der Waals surface area contributed by atoms with E-state index in [2.05, 4.69) is 0 Å². The van der Waals surface area contributed by atoms with Gasteiger partial charge in [0, 0.05) is 6.42 Å². The maximum atomic E-state index is 12.6. The Morgan fingerprint density at radius 1 is 1.15 bits per heavy atom. The molecule has 0 unspecified atom stereocenters. The molecule has 1 amide bonds. The zero-order valence-corrected chi connectivity index (χ0v) is 14.5. The predicted octanol–water partition coefficient (Wildman–Crippen LogP) is 3.55. The van der Waals surface area contributed by atoms with E-state index in [1.807, 2.05) is 0 Å². The van der Waals surface area contributed by atoms with E-state index in [4.69, 9.17) is 9.47 Å². The maximum Gasteiger partial charge on any atom is 0.416 e. The normalized spacial score (nSPS) is 20.8. The highest BCUT2D eigenvalue weighted by molar-refractivity contribution is 5.81. The van der Waals surface area contributed by atoms with Gasteiger partial charge in [0.1, 0.15) is 23.5 Å². The lowest BCUT2D eigenvalue weighted by molar-refractivity contribution is -0.142. The minimum atomic E-state index is -4.45.